The Labute approximate surface area is 129 Å². The van der Waals surface area contributed by atoms with Gasteiger partial charge in [0.1, 0.15) is 12.4 Å². The van der Waals surface area contributed by atoms with Gasteiger partial charge in [-0.25, -0.2) is 13.2 Å². The number of esters is 1. The molecule has 0 aliphatic carbocycles. The summed E-state index contributed by atoms with van der Waals surface area (Å²) < 4.78 is 37.0. The quantitative estimate of drug-likeness (QED) is 0.579. The number of sulfone groups is 1. The van der Waals surface area contributed by atoms with Crippen LogP contribution >= 0.6 is 0 Å². The Bertz CT molecular complexity index is 619. The standard InChI is InChI=1S/C14H18O7S/c1-4-19-13(15)10(2)9-20-14(16)21-11-5-7-12(8-6-11)22(3,17)18/h5-8,10H,4,9H2,1-3H3. The monoisotopic (exact) mass is 330 g/mol. The minimum absolute atomic E-state index is 0.115. The summed E-state index contributed by atoms with van der Waals surface area (Å²) in [5.41, 5.74) is 0. The molecule has 0 N–H and O–H groups in total. The van der Waals surface area contributed by atoms with Gasteiger partial charge in [-0.2, -0.15) is 0 Å². The van der Waals surface area contributed by atoms with E-state index in [0.29, 0.717) is 0 Å². The van der Waals surface area contributed by atoms with Crippen molar-refractivity contribution in [1.82, 2.24) is 0 Å². The molecule has 22 heavy (non-hydrogen) atoms. The van der Waals surface area contributed by atoms with Crippen LogP contribution in [0.5, 0.6) is 5.75 Å². The number of hydrogen-bond donors (Lipinski definition) is 0. The molecule has 0 spiro atoms. The zero-order valence-corrected chi connectivity index (χ0v) is 13.4. The molecule has 0 heterocycles. The first-order chi connectivity index (χ1) is 10.2. The van der Waals surface area contributed by atoms with Crippen LogP contribution in [0.15, 0.2) is 29.2 Å². The zero-order chi connectivity index (χ0) is 16.8. The van der Waals surface area contributed by atoms with Crippen LogP contribution in [0.3, 0.4) is 0 Å². The molecule has 0 saturated carbocycles. The van der Waals surface area contributed by atoms with Crippen LogP contribution in [0.1, 0.15) is 13.8 Å². The third kappa shape index (κ3) is 5.72. The van der Waals surface area contributed by atoms with Crippen LogP contribution < -0.4 is 4.74 Å². The third-order valence-corrected chi connectivity index (χ3v) is 3.72. The van der Waals surface area contributed by atoms with Crippen molar-refractivity contribution in [1.29, 1.82) is 0 Å². The minimum atomic E-state index is -3.31. The van der Waals surface area contributed by atoms with Crippen molar-refractivity contribution in [3.63, 3.8) is 0 Å². The molecule has 0 fully saturated rings. The first-order valence-electron chi connectivity index (χ1n) is 6.55. The lowest BCUT2D eigenvalue weighted by Crippen LogP contribution is -2.23. The number of rotatable bonds is 6. The maximum Gasteiger partial charge on any atom is 0.513 e. The fraction of sp³-hybridized carbons (Fsp3) is 0.429. The summed E-state index contributed by atoms with van der Waals surface area (Å²) in [6, 6.07) is 5.32. The third-order valence-electron chi connectivity index (χ3n) is 2.59. The molecule has 0 bridgehead atoms. The van der Waals surface area contributed by atoms with Crippen LogP contribution in [-0.4, -0.2) is 40.0 Å². The topological polar surface area (TPSA) is 96.0 Å². The Morgan fingerprint density at radius 1 is 1.14 bits per heavy atom. The molecule has 0 amide bonds. The second-order valence-electron chi connectivity index (χ2n) is 4.56. The summed E-state index contributed by atoms with van der Waals surface area (Å²) in [4.78, 5) is 22.9. The molecule has 122 valence electrons. The lowest BCUT2D eigenvalue weighted by Gasteiger charge is -2.11. The molecule has 0 aliphatic rings. The lowest BCUT2D eigenvalue weighted by molar-refractivity contribution is -0.148. The molecular weight excluding hydrogens is 312 g/mol. The van der Waals surface area contributed by atoms with Crippen molar-refractivity contribution in [3.8, 4) is 5.75 Å². The van der Waals surface area contributed by atoms with Crippen LogP contribution in [-0.2, 0) is 24.1 Å². The molecule has 1 atom stereocenters. The molecule has 8 heteroatoms. The molecule has 0 saturated heterocycles. The molecule has 7 nitrogen and oxygen atoms in total. The van der Waals surface area contributed by atoms with Gasteiger partial charge in [0.05, 0.1) is 17.4 Å². The van der Waals surface area contributed by atoms with E-state index in [9.17, 15) is 18.0 Å². The molecule has 0 radical (unpaired) electrons. The molecule has 1 unspecified atom stereocenters. The maximum absolute atomic E-state index is 11.5. The minimum Gasteiger partial charge on any atom is -0.466 e. The smallest absolute Gasteiger partial charge is 0.466 e. The summed E-state index contributed by atoms with van der Waals surface area (Å²) in [5.74, 6) is -0.922. The highest BCUT2D eigenvalue weighted by Gasteiger charge is 2.17. The fourth-order valence-corrected chi connectivity index (χ4v) is 2.06. The number of ether oxygens (including phenoxy) is 3. The van der Waals surface area contributed by atoms with Gasteiger partial charge in [0.2, 0.25) is 0 Å². The summed E-state index contributed by atoms with van der Waals surface area (Å²) in [7, 11) is -3.31. The second-order valence-corrected chi connectivity index (χ2v) is 6.58. The van der Waals surface area contributed by atoms with E-state index in [0.717, 1.165) is 6.26 Å². The predicted octanol–water partition coefficient (Wildman–Crippen LogP) is 1.80. The largest absolute Gasteiger partial charge is 0.513 e. The highest BCUT2D eigenvalue weighted by molar-refractivity contribution is 7.90. The van der Waals surface area contributed by atoms with Gasteiger partial charge in [0.25, 0.3) is 0 Å². The Balaban J connectivity index is 2.50. The van der Waals surface area contributed by atoms with Crippen LogP contribution in [0, 0.1) is 5.92 Å². The SMILES string of the molecule is CCOC(=O)C(C)COC(=O)Oc1ccc(S(C)(=O)=O)cc1. The molecule has 1 rings (SSSR count). The van der Waals surface area contributed by atoms with Gasteiger partial charge in [-0.3, -0.25) is 4.79 Å². The Morgan fingerprint density at radius 2 is 1.73 bits per heavy atom. The van der Waals surface area contributed by atoms with Crippen LogP contribution in [0.2, 0.25) is 0 Å². The molecule has 0 aromatic heterocycles. The molecule has 1 aromatic rings. The zero-order valence-electron chi connectivity index (χ0n) is 12.6. The number of hydrogen-bond acceptors (Lipinski definition) is 7. The van der Waals surface area contributed by atoms with E-state index in [-0.39, 0.29) is 23.9 Å². The van der Waals surface area contributed by atoms with Gasteiger partial charge < -0.3 is 14.2 Å². The van der Waals surface area contributed by atoms with E-state index in [1.165, 1.54) is 24.3 Å². The van der Waals surface area contributed by atoms with Gasteiger partial charge >= 0.3 is 12.1 Å². The molecule has 1 aromatic carbocycles. The van der Waals surface area contributed by atoms with E-state index in [2.05, 4.69) is 0 Å². The summed E-state index contributed by atoms with van der Waals surface area (Å²) >= 11 is 0. The van der Waals surface area contributed by atoms with Crippen molar-refractivity contribution >= 4 is 22.0 Å². The van der Waals surface area contributed by atoms with Gasteiger partial charge in [-0.15, -0.1) is 0 Å². The Morgan fingerprint density at radius 3 is 2.23 bits per heavy atom. The second kappa shape index (κ2) is 7.79. The highest BCUT2D eigenvalue weighted by Crippen LogP contribution is 2.16. The number of carbonyl (C=O) groups excluding carboxylic acids is 2. The first kappa shape index (κ1) is 18.0. The summed E-state index contributed by atoms with van der Waals surface area (Å²) in [6.45, 7) is 3.32. The summed E-state index contributed by atoms with van der Waals surface area (Å²) in [6.07, 6.45) is 0.0942. The van der Waals surface area contributed by atoms with Crippen molar-refractivity contribution in [3.05, 3.63) is 24.3 Å². The lowest BCUT2D eigenvalue weighted by atomic mass is 10.2. The van der Waals surface area contributed by atoms with E-state index in [1.807, 2.05) is 0 Å². The Hall–Kier alpha value is -2.09. The average Bonchev–Trinajstić information content (AvgIpc) is 2.44. The van der Waals surface area contributed by atoms with E-state index in [4.69, 9.17) is 14.2 Å². The van der Waals surface area contributed by atoms with E-state index in [1.54, 1.807) is 13.8 Å². The van der Waals surface area contributed by atoms with Crippen molar-refractivity contribution < 1.29 is 32.2 Å². The van der Waals surface area contributed by atoms with Crippen LogP contribution in [0.25, 0.3) is 0 Å². The predicted molar refractivity (Wildman–Crippen MR) is 77.3 cm³/mol. The number of benzene rings is 1. The summed E-state index contributed by atoms with van der Waals surface area (Å²) in [5, 5.41) is 0. The maximum atomic E-state index is 11.5. The first-order valence-corrected chi connectivity index (χ1v) is 8.44. The van der Waals surface area contributed by atoms with Gasteiger partial charge in [0.15, 0.2) is 9.84 Å². The highest BCUT2D eigenvalue weighted by atomic mass is 32.2. The van der Waals surface area contributed by atoms with Gasteiger partial charge in [-0.1, -0.05) is 0 Å². The molecular formula is C14H18O7S. The van der Waals surface area contributed by atoms with Crippen molar-refractivity contribution in [2.75, 3.05) is 19.5 Å². The molecule has 0 aliphatic heterocycles. The number of carbonyl (C=O) groups is 2. The Kier molecular flexibility index (Phi) is 6.36. The normalized spacial score (nSPS) is 12.3. The van der Waals surface area contributed by atoms with Gasteiger partial charge in [-0.05, 0) is 38.1 Å². The average molecular weight is 330 g/mol. The van der Waals surface area contributed by atoms with Gasteiger partial charge in [0, 0.05) is 6.26 Å². The fourth-order valence-electron chi connectivity index (χ4n) is 1.43. The van der Waals surface area contributed by atoms with Crippen molar-refractivity contribution in [2.24, 2.45) is 5.92 Å². The van der Waals surface area contributed by atoms with Crippen LogP contribution in [0.4, 0.5) is 4.79 Å². The van der Waals surface area contributed by atoms with E-state index >= 15 is 0 Å². The van der Waals surface area contributed by atoms with Crippen molar-refractivity contribution in [2.45, 2.75) is 18.7 Å². The van der Waals surface area contributed by atoms with E-state index < -0.39 is 27.9 Å².